The summed E-state index contributed by atoms with van der Waals surface area (Å²) in [6.45, 7) is 1.39. The third-order valence-electron chi connectivity index (χ3n) is 4.80. The van der Waals surface area contributed by atoms with Crippen molar-refractivity contribution in [3.05, 3.63) is 35.4 Å². The van der Waals surface area contributed by atoms with Crippen molar-refractivity contribution in [2.75, 3.05) is 13.2 Å². The molecule has 1 saturated carbocycles. The predicted octanol–water partition coefficient (Wildman–Crippen LogP) is 2.72. The minimum atomic E-state index is 0.0397. The highest BCUT2D eigenvalue weighted by molar-refractivity contribution is 5.98. The zero-order valence-corrected chi connectivity index (χ0v) is 11.9. The van der Waals surface area contributed by atoms with Crippen LogP contribution < -0.4 is 5.73 Å². The van der Waals surface area contributed by atoms with Gasteiger partial charge < -0.3 is 10.5 Å². The molecule has 1 spiro atoms. The number of carbonyl (C=O) groups excluding carboxylic acids is 1. The predicted molar refractivity (Wildman–Crippen MR) is 78.8 cm³/mol. The SMILES string of the molecule is NCCc1ccc(C(=O)C2CCOC3(CCC3)C2)cc1. The van der Waals surface area contributed by atoms with E-state index in [1.807, 2.05) is 24.3 Å². The van der Waals surface area contributed by atoms with Gasteiger partial charge in [0.2, 0.25) is 0 Å². The molecule has 0 radical (unpaired) electrons. The van der Waals surface area contributed by atoms with Gasteiger partial charge in [-0.25, -0.2) is 0 Å². The minimum absolute atomic E-state index is 0.0397. The highest BCUT2D eigenvalue weighted by atomic mass is 16.5. The van der Waals surface area contributed by atoms with E-state index in [1.165, 1.54) is 12.0 Å². The summed E-state index contributed by atoms with van der Waals surface area (Å²) in [5.74, 6) is 0.434. The number of nitrogens with two attached hydrogens (primary N) is 1. The Bertz CT molecular complexity index is 476. The van der Waals surface area contributed by atoms with E-state index in [0.29, 0.717) is 12.3 Å². The molecule has 1 aliphatic carbocycles. The van der Waals surface area contributed by atoms with Gasteiger partial charge in [-0.15, -0.1) is 0 Å². The van der Waals surface area contributed by atoms with Crippen LogP contribution in [0.2, 0.25) is 0 Å². The van der Waals surface area contributed by atoms with Crippen molar-refractivity contribution in [1.82, 2.24) is 0 Å². The van der Waals surface area contributed by atoms with Gasteiger partial charge >= 0.3 is 0 Å². The lowest BCUT2D eigenvalue weighted by Crippen LogP contribution is -2.47. The Morgan fingerprint density at radius 3 is 2.65 bits per heavy atom. The molecule has 2 aliphatic rings. The summed E-state index contributed by atoms with van der Waals surface area (Å²) in [7, 11) is 0. The van der Waals surface area contributed by atoms with Gasteiger partial charge in [0, 0.05) is 18.1 Å². The average molecular weight is 273 g/mol. The van der Waals surface area contributed by atoms with E-state index in [4.69, 9.17) is 10.5 Å². The van der Waals surface area contributed by atoms with E-state index in [1.54, 1.807) is 0 Å². The van der Waals surface area contributed by atoms with Crippen LogP contribution in [0.3, 0.4) is 0 Å². The Hall–Kier alpha value is -1.19. The van der Waals surface area contributed by atoms with Gasteiger partial charge in [0.15, 0.2) is 5.78 Å². The first-order chi connectivity index (χ1) is 9.72. The summed E-state index contributed by atoms with van der Waals surface area (Å²) in [6.07, 6.45) is 6.16. The maximum atomic E-state index is 12.6. The third kappa shape index (κ3) is 2.65. The fraction of sp³-hybridized carbons (Fsp3) is 0.588. The Morgan fingerprint density at radius 1 is 1.30 bits per heavy atom. The highest BCUT2D eigenvalue weighted by Crippen LogP contribution is 2.44. The molecule has 3 rings (SSSR count). The summed E-state index contributed by atoms with van der Waals surface area (Å²) in [5.41, 5.74) is 7.63. The molecule has 1 heterocycles. The molecule has 1 aliphatic heterocycles. The topological polar surface area (TPSA) is 52.3 Å². The molecular formula is C17H23NO2. The normalized spacial score (nSPS) is 24.4. The molecule has 0 amide bonds. The lowest BCUT2D eigenvalue weighted by molar-refractivity contribution is -0.137. The first-order valence-electron chi connectivity index (χ1n) is 7.70. The van der Waals surface area contributed by atoms with E-state index in [0.717, 1.165) is 44.3 Å². The molecule has 2 N–H and O–H groups in total. The zero-order valence-electron chi connectivity index (χ0n) is 11.9. The number of rotatable bonds is 4. The van der Waals surface area contributed by atoms with Crippen LogP contribution in [0.5, 0.6) is 0 Å². The number of hydrogen-bond donors (Lipinski definition) is 1. The van der Waals surface area contributed by atoms with E-state index < -0.39 is 0 Å². The summed E-state index contributed by atoms with van der Waals surface area (Å²) in [4.78, 5) is 12.6. The van der Waals surface area contributed by atoms with E-state index >= 15 is 0 Å². The molecule has 3 nitrogen and oxygen atoms in total. The maximum Gasteiger partial charge on any atom is 0.166 e. The first kappa shape index (κ1) is 13.8. The monoisotopic (exact) mass is 273 g/mol. The van der Waals surface area contributed by atoms with Crippen molar-refractivity contribution >= 4 is 5.78 Å². The Labute approximate surface area is 120 Å². The van der Waals surface area contributed by atoms with Crippen LogP contribution in [0.15, 0.2) is 24.3 Å². The first-order valence-corrected chi connectivity index (χ1v) is 7.70. The van der Waals surface area contributed by atoms with Crippen molar-refractivity contribution in [1.29, 1.82) is 0 Å². The Balaban J connectivity index is 1.68. The molecule has 1 aromatic carbocycles. The number of Topliss-reactive ketones (excluding diaryl/α,β-unsaturated/α-hetero) is 1. The zero-order chi connectivity index (χ0) is 14.0. The molecule has 20 heavy (non-hydrogen) atoms. The molecule has 2 fully saturated rings. The highest BCUT2D eigenvalue weighted by Gasteiger charge is 2.44. The number of ketones is 1. The van der Waals surface area contributed by atoms with Crippen LogP contribution in [-0.4, -0.2) is 24.5 Å². The van der Waals surface area contributed by atoms with E-state index in [9.17, 15) is 4.79 Å². The summed E-state index contributed by atoms with van der Waals surface area (Å²) in [5, 5.41) is 0. The van der Waals surface area contributed by atoms with Crippen LogP contribution in [-0.2, 0) is 11.2 Å². The number of carbonyl (C=O) groups is 1. The van der Waals surface area contributed by atoms with Gasteiger partial charge in [-0.1, -0.05) is 24.3 Å². The molecule has 1 unspecified atom stereocenters. The molecule has 0 bridgehead atoms. The molecule has 3 heteroatoms. The van der Waals surface area contributed by atoms with Gasteiger partial charge in [-0.05, 0) is 50.6 Å². The lowest BCUT2D eigenvalue weighted by Gasteiger charge is -2.46. The summed E-state index contributed by atoms with van der Waals surface area (Å²) < 4.78 is 5.90. The Morgan fingerprint density at radius 2 is 2.05 bits per heavy atom. The van der Waals surface area contributed by atoms with Crippen LogP contribution in [0, 0.1) is 5.92 Å². The fourth-order valence-electron chi connectivity index (χ4n) is 3.41. The second kappa shape index (κ2) is 5.66. The average Bonchev–Trinajstić information content (AvgIpc) is 2.46. The molecule has 1 aromatic rings. The van der Waals surface area contributed by atoms with Crippen molar-refractivity contribution in [3.63, 3.8) is 0 Å². The van der Waals surface area contributed by atoms with Crippen LogP contribution in [0.1, 0.15) is 48.0 Å². The van der Waals surface area contributed by atoms with Gasteiger partial charge in [0.1, 0.15) is 0 Å². The van der Waals surface area contributed by atoms with Crippen molar-refractivity contribution in [3.8, 4) is 0 Å². The molecule has 108 valence electrons. The van der Waals surface area contributed by atoms with Gasteiger partial charge in [-0.2, -0.15) is 0 Å². The van der Waals surface area contributed by atoms with Crippen molar-refractivity contribution < 1.29 is 9.53 Å². The number of hydrogen-bond acceptors (Lipinski definition) is 3. The van der Waals surface area contributed by atoms with Gasteiger partial charge in [-0.3, -0.25) is 4.79 Å². The molecular weight excluding hydrogens is 250 g/mol. The van der Waals surface area contributed by atoms with E-state index in [-0.39, 0.29) is 11.5 Å². The van der Waals surface area contributed by atoms with Crippen LogP contribution in [0.4, 0.5) is 0 Å². The number of ether oxygens (including phenoxy) is 1. The largest absolute Gasteiger partial charge is 0.375 e. The standard InChI is InChI=1S/C17H23NO2/c18-10-6-13-2-4-14(5-3-13)16(19)15-7-11-20-17(12-15)8-1-9-17/h2-5,15H,1,6-12,18H2. The smallest absolute Gasteiger partial charge is 0.166 e. The van der Waals surface area contributed by atoms with Crippen molar-refractivity contribution in [2.24, 2.45) is 11.7 Å². The fourth-order valence-corrected chi connectivity index (χ4v) is 3.41. The quantitative estimate of drug-likeness (QED) is 0.858. The van der Waals surface area contributed by atoms with Crippen LogP contribution in [0.25, 0.3) is 0 Å². The summed E-state index contributed by atoms with van der Waals surface area (Å²) >= 11 is 0. The Kier molecular flexibility index (Phi) is 3.90. The third-order valence-corrected chi connectivity index (χ3v) is 4.80. The van der Waals surface area contributed by atoms with E-state index in [2.05, 4.69) is 0 Å². The van der Waals surface area contributed by atoms with Crippen LogP contribution >= 0.6 is 0 Å². The summed E-state index contributed by atoms with van der Waals surface area (Å²) in [6, 6.07) is 7.96. The van der Waals surface area contributed by atoms with Gasteiger partial charge in [0.25, 0.3) is 0 Å². The minimum Gasteiger partial charge on any atom is -0.375 e. The molecule has 1 saturated heterocycles. The maximum absolute atomic E-state index is 12.6. The second-order valence-electron chi connectivity index (χ2n) is 6.17. The van der Waals surface area contributed by atoms with Crippen molar-refractivity contribution in [2.45, 2.75) is 44.1 Å². The van der Waals surface area contributed by atoms with Gasteiger partial charge in [0.05, 0.1) is 5.60 Å². The lowest BCUT2D eigenvalue weighted by atomic mass is 9.70. The second-order valence-corrected chi connectivity index (χ2v) is 6.17. The number of benzene rings is 1. The molecule has 1 atom stereocenters. The molecule has 0 aromatic heterocycles.